The van der Waals surface area contributed by atoms with Crippen molar-refractivity contribution in [3.8, 4) is 5.75 Å². The lowest BCUT2D eigenvalue weighted by Crippen LogP contribution is -2.27. The van der Waals surface area contributed by atoms with Crippen LogP contribution in [0.4, 0.5) is 0 Å². The summed E-state index contributed by atoms with van der Waals surface area (Å²) < 4.78 is 11.4. The van der Waals surface area contributed by atoms with E-state index in [9.17, 15) is 9.59 Å². The molecule has 0 atom stereocenters. The molecular weight excluding hydrogens is 222 g/mol. The van der Waals surface area contributed by atoms with Gasteiger partial charge in [-0.1, -0.05) is 0 Å². The van der Waals surface area contributed by atoms with E-state index in [1.54, 1.807) is 32.9 Å². The maximum atomic E-state index is 11.8. The number of pyridine rings is 1. The van der Waals surface area contributed by atoms with Gasteiger partial charge in [0.1, 0.15) is 6.54 Å². The van der Waals surface area contributed by atoms with Crippen molar-refractivity contribution in [1.29, 1.82) is 0 Å². The summed E-state index contributed by atoms with van der Waals surface area (Å²) in [7, 11) is 0. The molecule has 5 nitrogen and oxygen atoms in total. The predicted octanol–water partition coefficient (Wildman–Crippen LogP) is 1.20. The minimum absolute atomic E-state index is 0.0993. The molecule has 1 aromatic rings. The van der Waals surface area contributed by atoms with Gasteiger partial charge in [0.2, 0.25) is 0 Å². The highest BCUT2D eigenvalue weighted by atomic mass is 16.5. The molecule has 0 bridgehead atoms. The average molecular weight is 239 g/mol. The van der Waals surface area contributed by atoms with Crippen LogP contribution < -0.4 is 10.3 Å². The van der Waals surface area contributed by atoms with Gasteiger partial charge in [-0.25, -0.2) is 0 Å². The fourth-order valence-corrected chi connectivity index (χ4v) is 1.34. The molecule has 0 aliphatic carbocycles. The van der Waals surface area contributed by atoms with Crippen LogP contribution in [-0.2, 0) is 16.1 Å². The van der Waals surface area contributed by atoms with Crippen LogP contribution in [0, 0.1) is 0 Å². The van der Waals surface area contributed by atoms with Gasteiger partial charge in [-0.3, -0.25) is 9.59 Å². The van der Waals surface area contributed by atoms with Crippen LogP contribution >= 0.6 is 0 Å². The minimum Gasteiger partial charge on any atom is -0.488 e. The smallest absolute Gasteiger partial charge is 0.326 e. The Morgan fingerprint density at radius 1 is 1.47 bits per heavy atom. The van der Waals surface area contributed by atoms with Gasteiger partial charge in [-0.2, -0.15) is 0 Å². The summed E-state index contributed by atoms with van der Waals surface area (Å²) in [5, 5.41) is 0. The lowest BCUT2D eigenvalue weighted by molar-refractivity contribution is -0.148. The molecule has 1 aromatic heterocycles. The Hall–Kier alpha value is -1.78. The molecule has 0 fully saturated rings. The lowest BCUT2D eigenvalue weighted by Gasteiger charge is -2.10. The van der Waals surface area contributed by atoms with E-state index in [1.165, 1.54) is 10.8 Å². The summed E-state index contributed by atoms with van der Waals surface area (Å²) in [5.74, 6) is -0.192. The topological polar surface area (TPSA) is 57.5 Å². The largest absolute Gasteiger partial charge is 0.488 e. The third-order valence-corrected chi connectivity index (χ3v) is 1.95. The number of hydrogen-bond acceptors (Lipinski definition) is 4. The first-order valence-corrected chi connectivity index (χ1v) is 5.56. The van der Waals surface area contributed by atoms with Crippen molar-refractivity contribution in [2.45, 2.75) is 33.4 Å². The van der Waals surface area contributed by atoms with Gasteiger partial charge >= 0.3 is 5.97 Å². The van der Waals surface area contributed by atoms with Crippen LogP contribution in [0.1, 0.15) is 20.8 Å². The quantitative estimate of drug-likeness (QED) is 0.724. The summed E-state index contributed by atoms with van der Waals surface area (Å²) in [6.07, 6.45) is 1.35. The number of carbonyl (C=O) groups is 1. The van der Waals surface area contributed by atoms with Crippen molar-refractivity contribution < 1.29 is 14.3 Å². The standard InChI is InChI=1S/C12H17NO4/c1-4-16-10-6-5-7-13(12(10)15)8-11(14)17-9(2)3/h5-7,9H,4,8H2,1-3H3. The fourth-order valence-electron chi connectivity index (χ4n) is 1.34. The number of rotatable bonds is 5. The molecule has 0 unspecified atom stereocenters. The van der Waals surface area contributed by atoms with Crippen LogP contribution in [-0.4, -0.2) is 23.2 Å². The van der Waals surface area contributed by atoms with Crippen LogP contribution in [0.25, 0.3) is 0 Å². The molecule has 0 aromatic carbocycles. The van der Waals surface area contributed by atoms with Crippen molar-refractivity contribution in [2.75, 3.05) is 6.61 Å². The fraction of sp³-hybridized carbons (Fsp3) is 0.500. The molecule has 0 radical (unpaired) electrons. The second-order valence-corrected chi connectivity index (χ2v) is 3.78. The monoisotopic (exact) mass is 239 g/mol. The second kappa shape index (κ2) is 6.08. The van der Waals surface area contributed by atoms with E-state index in [0.717, 1.165) is 0 Å². The number of carbonyl (C=O) groups excluding carboxylic acids is 1. The van der Waals surface area contributed by atoms with E-state index in [-0.39, 0.29) is 24.0 Å². The molecular formula is C12H17NO4. The summed E-state index contributed by atoms with van der Waals surface area (Å²) >= 11 is 0. The molecule has 0 aliphatic rings. The minimum atomic E-state index is -0.434. The van der Waals surface area contributed by atoms with E-state index in [1.807, 2.05) is 0 Å². The SMILES string of the molecule is CCOc1cccn(CC(=O)OC(C)C)c1=O. The molecule has 0 saturated carbocycles. The number of nitrogens with zero attached hydrogens (tertiary/aromatic N) is 1. The highest BCUT2D eigenvalue weighted by Crippen LogP contribution is 2.02. The number of aromatic nitrogens is 1. The highest BCUT2D eigenvalue weighted by molar-refractivity contribution is 5.69. The van der Waals surface area contributed by atoms with Gasteiger partial charge in [-0.05, 0) is 32.9 Å². The molecule has 1 heterocycles. The first-order chi connectivity index (χ1) is 8.04. The summed E-state index contributed by atoms with van der Waals surface area (Å²) in [4.78, 5) is 23.2. The molecule has 0 amide bonds. The van der Waals surface area contributed by atoms with Crippen LogP contribution in [0.3, 0.4) is 0 Å². The number of esters is 1. The van der Waals surface area contributed by atoms with Gasteiger partial charge in [0.25, 0.3) is 5.56 Å². The molecule has 5 heteroatoms. The van der Waals surface area contributed by atoms with Crippen molar-refractivity contribution in [2.24, 2.45) is 0 Å². The van der Waals surface area contributed by atoms with Gasteiger partial charge in [0.15, 0.2) is 5.75 Å². The average Bonchev–Trinajstić information content (AvgIpc) is 2.23. The Bertz CT molecular complexity index is 436. The maximum absolute atomic E-state index is 11.8. The zero-order valence-electron chi connectivity index (χ0n) is 10.3. The number of ether oxygens (including phenoxy) is 2. The van der Waals surface area contributed by atoms with E-state index in [0.29, 0.717) is 6.61 Å². The first-order valence-electron chi connectivity index (χ1n) is 5.56. The summed E-state index contributed by atoms with van der Waals surface area (Å²) in [6, 6.07) is 3.24. The first kappa shape index (κ1) is 13.3. The molecule has 0 aliphatic heterocycles. The molecule has 94 valence electrons. The van der Waals surface area contributed by atoms with Crippen LogP contribution in [0.5, 0.6) is 5.75 Å². The van der Waals surface area contributed by atoms with Crippen LogP contribution in [0.2, 0.25) is 0 Å². The predicted molar refractivity (Wildman–Crippen MR) is 63.1 cm³/mol. The van der Waals surface area contributed by atoms with Gasteiger partial charge in [-0.15, -0.1) is 0 Å². The van der Waals surface area contributed by atoms with Gasteiger partial charge < -0.3 is 14.0 Å². The molecule has 0 spiro atoms. The zero-order valence-corrected chi connectivity index (χ0v) is 10.3. The normalized spacial score (nSPS) is 10.4. The molecule has 1 rings (SSSR count). The highest BCUT2D eigenvalue weighted by Gasteiger charge is 2.09. The van der Waals surface area contributed by atoms with E-state index < -0.39 is 5.97 Å². The van der Waals surface area contributed by atoms with Gasteiger partial charge in [0, 0.05) is 6.20 Å². The van der Waals surface area contributed by atoms with E-state index in [2.05, 4.69) is 0 Å². The third-order valence-electron chi connectivity index (χ3n) is 1.95. The molecule has 0 saturated heterocycles. The van der Waals surface area contributed by atoms with Crippen molar-refractivity contribution in [1.82, 2.24) is 4.57 Å². The summed E-state index contributed by atoms with van der Waals surface area (Å²) in [6.45, 7) is 5.63. The Kier molecular flexibility index (Phi) is 4.75. The summed E-state index contributed by atoms with van der Waals surface area (Å²) in [5.41, 5.74) is -0.324. The van der Waals surface area contributed by atoms with Gasteiger partial charge in [0.05, 0.1) is 12.7 Å². The van der Waals surface area contributed by atoms with Crippen molar-refractivity contribution >= 4 is 5.97 Å². The Morgan fingerprint density at radius 3 is 2.76 bits per heavy atom. The van der Waals surface area contributed by atoms with Crippen molar-refractivity contribution in [3.63, 3.8) is 0 Å². The van der Waals surface area contributed by atoms with Crippen LogP contribution in [0.15, 0.2) is 23.1 Å². The van der Waals surface area contributed by atoms with E-state index in [4.69, 9.17) is 9.47 Å². The van der Waals surface area contributed by atoms with E-state index >= 15 is 0 Å². The Morgan fingerprint density at radius 2 is 2.18 bits per heavy atom. The van der Waals surface area contributed by atoms with Crippen molar-refractivity contribution in [3.05, 3.63) is 28.7 Å². The third kappa shape index (κ3) is 3.94. The zero-order chi connectivity index (χ0) is 12.8. The Balaban J connectivity index is 2.81. The second-order valence-electron chi connectivity index (χ2n) is 3.78. The molecule has 17 heavy (non-hydrogen) atoms. The molecule has 0 N–H and O–H groups in total. The lowest BCUT2D eigenvalue weighted by atomic mass is 10.4. The maximum Gasteiger partial charge on any atom is 0.326 e. The number of hydrogen-bond donors (Lipinski definition) is 0. The Labute approximate surface area is 100.0 Å².